The Kier molecular flexibility index (Phi) is 14.1. The highest BCUT2D eigenvalue weighted by Crippen LogP contribution is 2.36. The van der Waals surface area contributed by atoms with Crippen molar-refractivity contribution in [3.05, 3.63) is 70.3 Å². The van der Waals surface area contributed by atoms with Crippen molar-refractivity contribution in [2.45, 2.75) is 68.7 Å². The van der Waals surface area contributed by atoms with Gasteiger partial charge in [0.05, 0.1) is 26.2 Å². The summed E-state index contributed by atoms with van der Waals surface area (Å²) in [6, 6.07) is 13.3. The predicted molar refractivity (Wildman–Crippen MR) is 179 cm³/mol. The number of rotatable bonds is 15. The molecule has 2 aromatic carbocycles. The molecule has 1 aliphatic heterocycles. The first-order chi connectivity index (χ1) is 21.9. The number of ether oxygens (including phenoxy) is 2. The molecule has 2 aromatic rings. The molecule has 46 heavy (non-hydrogen) atoms. The SMILES string of the molecule is C#CCN(C)CCNC(=O)C(C)(C)NC(=O)CCOCc1ccc(Cc2cc([C@@H]3O[C@H](SC)[C@@H](O)[C@H](O)[C@H]3O)ccc2C#C)cc1. The van der Waals surface area contributed by atoms with Crippen LogP contribution in [0.4, 0.5) is 0 Å². The Balaban J connectivity index is 1.49. The maximum Gasteiger partial charge on any atom is 0.245 e. The Morgan fingerprint density at radius 1 is 1.07 bits per heavy atom. The highest BCUT2D eigenvalue weighted by atomic mass is 32.2. The number of thioether (sulfide) groups is 1. The van der Waals surface area contributed by atoms with Gasteiger partial charge in [-0.1, -0.05) is 48.2 Å². The molecule has 5 N–H and O–H groups in total. The quantitative estimate of drug-likeness (QED) is 0.144. The molecule has 1 heterocycles. The Morgan fingerprint density at radius 2 is 1.76 bits per heavy atom. The van der Waals surface area contributed by atoms with Crippen LogP contribution >= 0.6 is 11.8 Å². The van der Waals surface area contributed by atoms with Crippen molar-refractivity contribution in [2.75, 3.05) is 39.5 Å². The molecular formula is C35H45N3O7S. The van der Waals surface area contributed by atoms with Gasteiger partial charge in [-0.3, -0.25) is 14.5 Å². The van der Waals surface area contributed by atoms with Crippen molar-refractivity contribution in [1.82, 2.24) is 15.5 Å². The summed E-state index contributed by atoms with van der Waals surface area (Å²) in [7, 11) is 1.87. The number of carbonyl (C=O) groups excluding carboxylic acids is 2. The molecule has 248 valence electrons. The molecule has 0 aliphatic carbocycles. The van der Waals surface area contributed by atoms with Crippen LogP contribution in [0.2, 0.25) is 0 Å². The lowest BCUT2D eigenvalue weighted by Gasteiger charge is -2.40. The normalized spacial score (nSPS) is 21.3. The van der Waals surface area contributed by atoms with E-state index in [1.54, 1.807) is 32.2 Å². The van der Waals surface area contributed by atoms with Crippen LogP contribution in [0.5, 0.6) is 0 Å². The number of aliphatic hydroxyl groups excluding tert-OH is 3. The van der Waals surface area contributed by atoms with E-state index in [9.17, 15) is 24.9 Å². The van der Waals surface area contributed by atoms with Gasteiger partial charge >= 0.3 is 0 Å². The smallest absolute Gasteiger partial charge is 0.245 e. The zero-order chi connectivity index (χ0) is 33.9. The number of hydrogen-bond acceptors (Lipinski definition) is 9. The Bertz CT molecular complexity index is 1400. The van der Waals surface area contributed by atoms with E-state index >= 15 is 0 Å². The number of aliphatic hydroxyl groups is 3. The summed E-state index contributed by atoms with van der Waals surface area (Å²) in [5.74, 6) is 4.69. The number of benzene rings is 2. The molecular weight excluding hydrogens is 606 g/mol. The van der Waals surface area contributed by atoms with E-state index < -0.39 is 35.4 Å². The second-order valence-electron chi connectivity index (χ2n) is 11.9. The van der Waals surface area contributed by atoms with Crippen molar-refractivity contribution < 1.29 is 34.4 Å². The minimum atomic E-state index is -1.34. The van der Waals surface area contributed by atoms with Crippen LogP contribution in [0, 0.1) is 24.7 Å². The number of likely N-dealkylation sites (N-methyl/N-ethyl adjacent to an activating group) is 1. The van der Waals surface area contributed by atoms with Crippen LogP contribution < -0.4 is 10.6 Å². The minimum Gasteiger partial charge on any atom is -0.387 e. The lowest BCUT2D eigenvalue weighted by molar-refractivity contribution is -0.200. The number of nitrogens with zero attached hydrogens (tertiary/aromatic N) is 1. The molecule has 0 saturated carbocycles. The average molecular weight is 652 g/mol. The molecule has 11 heteroatoms. The molecule has 10 nitrogen and oxygen atoms in total. The van der Waals surface area contributed by atoms with E-state index in [0.717, 1.165) is 16.7 Å². The van der Waals surface area contributed by atoms with Gasteiger partial charge in [-0.15, -0.1) is 24.6 Å². The van der Waals surface area contributed by atoms with Crippen LogP contribution in [0.25, 0.3) is 0 Å². The minimum absolute atomic E-state index is 0.109. The van der Waals surface area contributed by atoms with Crippen molar-refractivity contribution in [3.63, 3.8) is 0 Å². The van der Waals surface area contributed by atoms with Crippen LogP contribution in [0.15, 0.2) is 42.5 Å². The zero-order valence-corrected chi connectivity index (χ0v) is 27.7. The van der Waals surface area contributed by atoms with E-state index in [1.807, 2.05) is 42.3 Å². The highest BCUT2D eigenvalue weighted by molar-refractivity contribution is 7.99. The van der Waals surface area contributed by atoms with Gasteiger partial charge in [-0.25, -0.2) is 0 Å². The average Bonchev–Trinajstić information content (AvgIpc) is 3.02. The molecule has 1 aliphatic rings. The molecule has 1 fully saturated rings. The fourth-order valence-corrected chi connectivity index (χ4v) is 5.68. The molecule has 0 unspecified atom stereocenters. The lowest BCUT2D eigenvalue weighted by Crippen LogP contribution is -2.55. The number of terminal acetylenes is 2. The molecule has 0 spiro atoms. The summed E-state index contributed by atoms with van der Waals surface area (Å²) in [5.41, 5.74) is 2.41. The van der Waals surface area contributed by atoms with E-state index in [0.29, 0.717) is 43.8 Å². The van der Waals surface area contributed by atoms with Gasteiger partial charge in [-0.2, -0.15) is 0 Å². The third-order valence-electron chi connectivity index (χ3n) is 7.73. The van der Waals surface area contributed by atoms with E-state index in [-0.39, 0.29) is 24.8 Å². The van der Waals surface area contributed by atoms with Gasteiger partial charge in [0.1, 0.15) is 35.4 Å². The van der Waals surface area contributed by atoms with Crippen LogP contribution in [0.3, 0.4) is 0 Å². The summed E-state index contributed by atoms with van der Waals surface area (Å²) >= 11 is 1.26. The van der Waals surface area contributed by atoms with Gasteiger partial charge < -0.3 is 35.4 Å². The summed E-state index contributed by atoms with van der Waals surface area (Å²) < 4.78 is 11.6. The summed E-state index contributed by atoms with van der Waals surface area (Å²) in [6.07, 6.45) is 8.82. The molecule has 0 bridgehead atoms. The summed E-state index contributed by atoms with van der Waals surface area (Å²) in [5, 5.41) is 36.8. The first-order valence-electron chi connectivity index (χ1n) is 15.1. The zero-order valence-electron chi connectivity index (χ0n) is 26.9. The largest absolute Gasteiger partial charge is 0.387 e. The monoisotopic (exact) mass is 651 g/mol. The second-order valence-corrected chi connectivity index (χ2v) is 12.8. The Hall–Kier alpha value is -3.39. The van der Waals surface area contributed by atoms with Crippen LogP contribution in [-0.2, 0) is 32.1 Å². The number of amides is 2. The highest BCUT2D eigenvalue weighted by Gasteiger charge is 2.44. The molecule has 0 radical (unpaired) electrons. The number of hydrogen-bond donors (Lipinski definition) is 5. The first-order valence-corrected chi connectivity index (χ1v) is 16.4. The van der Waals surface area contributed by atoms with Crippen LogP contribution in [0.1, 0.15) is 54.2 Å². The number of carbonyl (C=O) groups is 2. The van der Waals surface area contributed by atoms with E-state index in [2.05, 4.69) is 22.5 Å². The molecule has 2 amide bonds. The molecule has 1 saturated heterocycles. The van der Waals surface area contributed by atoms with Crippen molar-refractivity contribution >= 4 is 23.6 Å². The third kappa shape index (κ3) is 10.3. The van der Waals surface area contributed by atoms with Crippen LogP contribution in [-0.4, -0.2) is 101 Å². The maximum atomic E-state index is 12.5. The maximum absolute atomic E-state index is 12.5. The Labute approximate surface area is 276 Å². The van der Waals surface area contributed by atoms with Crippen molar-refractivity contribution in [1.29, 1.82) is 0 Å². The number of nitrogens with one attached hydrogen (secondary N) is 2. The Morgan fingerprint density at radius 3 is 2.41 bits per heavy atom. The van der Waals surface area contributed by atoms with Crippen molar-refractivity contribution in [2.24, 2.45) is 0 Å². The van der Waals surface area contributed by atoms with E-state index in [4.69, 9.17) is 22.3 Å². The first kappa shape index (κ1) is 37.1. The second kappa shape index (κ2) is 17.5. The standard InChI is InChI=1S/C35H45N3O7S/c1-7-17-38(5)18-16-36-34(43)35(3,4)37-28(39)15-19-44-22-24-11-9-23(10-12-24)20-27-21-26(14-13-25(27)8-2)32-30(41)29(40)31(42)33(45-32)46-6/h1-2,9-14,21,29-33,40-42H,15-20,22H2,3-6H3,(H,36,43)(H,37,39)/t29-,30-,31+,32+,33-/m1/s1. The fraction of sp³-hybridized carbons (Fsp3) is 0.486. The molecule has 3 rings (SSSR count). The summed E-state index contributed by atoms with van der Waals surface area (Å²) in [6.45, 7) is 5.33. The summed E-state index contributed by atoms with van der Waals surface area (Å²) in [4.78, 5) is 26.9. The fourth-order valence-electron chi connectivity index (χ4n) is 5.01. The van der Waals surface area contributed by atoms with Gasteiger partial charge in [0.15, 0.2) is 0 Å². The third-order valence-corrected chi connectivity index (χ3v) is 8.59. The van der Waals surface area contributed by atoms with Crippen molar-refractivity contribution in [3.8, 4) is 24.7 Å². The molecule has 0 aromatic heterocycles. The van der Waals surface area contributed by atoms with Gasteiger partial charge in [0.2, 0.25) is 11.8 Å². The van der Waals surface area contributed by atoms with E-state index in [1.165, 1.54) is 11.8 Å². The topological polar surface area (TPSA) is 141 Å². The lowest BCUT2D eigenvalue weighted by atomic mass is 9.90. The van der Waals surface area contributed by atoms with Gasteiger partial charge in [-0.05, 0) is 61.9 Å². The van der Waals surface area contributed by atoms with Gasteiger partial charge in [0, 0.05) is 18.7 Å². The predicted octanol–water partition coefficient (Wildman–Crippen LogP) is 1.58. The van der Waals surface area contributed by atoms with Gasteiger partial charge in [0.25, 0.3) is 0 Å². The molecule has 5 atom stereocenters.